The number of amides is 1. The molecule has 1 aromatic rings. The summed E-state index contributed by atoms with van der Waals surface area (Å²) >= 11 is 0. The number of benzene rings is 1. The van der Waals surface area contributed by atoms with E-state index >= 15 is 0 Å². The molecule has 1 heterocycles. The number of carbonyl (C=O) groups is 1. The summed E-state index contributed by atoms with van der Waals surface area (Å²) < 4.78 is 0. The molecule has 1 fully saturated rings. The van der Waals surface area contributed by atoms with Crippen LogP contribution in [0.25, 0.3) is 0 Å². The molecule has 0 saturated carbocycles. The quantitative estimate of drug-likeness (QED) is 0.809. The minimum absolute atomic E-state index is 0.0164. The Balaban J connectivity index is 2.20. The molecule has 1 aromatic carbocycles. The van der Waals surface area contributed by atoms with Crippen LogP contribution in [0.5, 0.6) is 0 Å². The Morgan fingerprint density at radius 1 is 1.30 bits per heavy atom. The van der Waals surface area contributed by atoms with Gasteiger partial charge in [0.05, 0.1) is 5.92 Å². The highest BCUT2D eigenvalue weighted by molar-refractivity contribution is 5.84. The third-order valence-electron chi connectivity index (χ3n) is 4.51. The van der Waals surface area contributed by atoms with Crippen LogP contribution in [-0.2, 0) is 4.79 Å². The van der Waals surface area contributed by atoms with E-state index in [1.54, 1.807) is 0 Å². The SMILES string of the molecule is CCC(C(=O)N1CC(C)C[C@H]1C(C)C)c1ccccc1. The Morgan fingerprint density at radius 3 is 2.50 bits per heavy atom. The van der Waals surface area contributed by atoms with Gasteiger partial charge in [-0.1, -0.05) is 58.0 Å². The predicted octanol–water partition coefficient (Wildman–Crippen LogP) is 4.07. The smallest absolute Gasteiger partial charge is 0.230 e. The summed E-state index contributed by atoms with van der Waals surface area (Å²) in [5.74, 6) is 1.50. The number of hydrogen-bond donors (Lipinski definition) is 0. The first-order valence-corrected chi connectivity index (χ1v) is 7.90. The Labute approximate surface area is 123 Å². The van der Waals surface area contributed by atoms with Crippen LogP contribution in [0.4, 0.5) is 0 Å². The summed E-state index contributed by atoms with van der Waals surface area (Å²) in [5, 5.41) is 0. The zero-order chi connectivity index (χ0) is 14.7. The van der Waals surface area contributed by atoms with E-state index in [2.05, 4.69) is 44.7 Å². The molecular formula is C18H27NO. The average Bonchev–Trinajstić information content (AvgIpc) is 2.83. The van der Waals surface area contributed by atoms with Gasteiger partial charge in [-0.25, -0.2) is 0 Å². The largest absolute Gasteiger partial charge is 0.339 e. The van der Waals surface area contributed by atoms with Crippen molar-refractivity contribution in [2.45, 2.75) is 52.5 Å². The standard InChI is InChI=1S/C18H27NO/c1-5-16(15-9-7-6-8-10-15)18(20)19-12-14(4)11-17(19)13(2)3/h6-10,13-14,16-17H,5,11-12H2,1-4H3/t14?,16?,17-/m0/s1. The van der Waals surface area contributed by atoms with E-state index in [1.165, 1.54) is 0 Å². The first kappa shape index (κ1) is 15.1. The molecule has 1 amide bonds. The molecule has 2 nitrogen and oxygen atoms in total. The van der Waals surface area contributed by atoms with Gasteiger partial charge in [0, 0.05) is 12.6 Å². The van der Waals surface area contributed by atoms with Crippen LogP contribution in [0, 0.1) is 11.8 Å². The minimum atomic E-state index is 0.0164. The molecule has 1 aliphatic rings. The summed E-state index contributed by atoms with van der Waals surface area (Å²) in [4.78, 5) is 15.1. The predicted molar refractivity (Wildman–Crippen MR) is 83.6 cm³/mol. The van der Waals surface area contributed by atoms with Gasteiger partial charge < -0.3 is 4.90 Å². The minimum Gasteiger partial charge on any atom is -0.339 e. The van der Waals surface area contributed by atoms with Gasteiger partial charge in [-0.15, -0.1) is 0 Å². The lowest BCUT2D eigenvalue weighted by atomic mass is 9.93. The maximum atomic E-state index is 13.0. The van der Waals surface area contributed by atoms with Crippen LogP contribution in [0.15, 0.2) is 30.3 Å². The van der Waals surface area contributed by atoms with E-state index in [9.17, 15) is 4.79 Å². The van der Waals surface area contributed by atoms with Crippen LogP contribution >= 0.6 is 0 Å². The van der Waals surface area contributed by atoms with Gasteiger partial charge in [-0.3, -0.25) is 4.79 Å². The molecule has 0 aromatic heterocycles. The average molecular weight is 273 g/mol. The fourth-order valence-corrected chi connectivity index (χ4v) is 3.41. The molecule has 1 aliphatic heterocycles. The van der Waals surface area contributed by atoms with Crippen molar-refractivity contribution in [3.63, 3.8) is 0 Å². The highest BCUT2D eigenvalue weighted by Crippen LogP contribution is 2.32. The summed E-state index contributed by atoms with van der Waals surface area (Å²) in [6.07, 6.45) is 2.02. The molecule has 0 bridgehead atoms. The Kier molecular flexibility index (Phi) is 4.85. The first-order valence-electron chi connectivity index (χ1n) is 7.90. The molecule has 110 valence electrons. The molecule has 0 radical (unpaired) electrons. The first-order chi connectivity index (χ1) is 9.54. The molecule has 2 unspecified atom stereocenters. The lowest BCUT2D eigenvalue weighted by Gasteiger charge is -2.31. The highest BCUT2D eigenvalue weighted by Gasteiger charge is 2.37. The van der Waals surface area contributed by atoms with Crippen molar-refractivity contribution in [1.82, 2.24) is 4.90 Å². The van der Waals surface area contributed by atoms with E-state index in [-0.39, 0.29) is 5.92 Å². The van der Waals surface area contributed by atoms with Gasteiger partial charge in [0.1, 0.15) is 0 Å². The Bertz CT molecular complexity index is 440. The van der Waals surface area contributed by atoms with E-state index in [0.29, 0.717) is 23.8 Å². The fraction of sp³-hybridized carbons (Fsp3) is 0.611. The molecule has 2 rings (SSSR count). The number of hydrogen-bond acceptors (Lipinski definition) is 1. The Morgan fingerprint density at radius 2 is 1.95 bits per heavy atom. The van der Waals surface area contributed by atoms with Crippen molar-refractivity contribution in [3.8, 4) is 0 Å². The van der Waals surface area contributed by atoms with Crippen molar-refractivity contribution in [2.24, 2.45) is 11.8 Å². The van der Waals surface area contributed by atoms with Gasteiger partial charge in [-0.05, 0) is 30.2 Å². The van der Waals surface area contributed by atoms with E-state index in [1.807, 2.05) is 18.2 Å². The van der Waals surface area contributed by atoms with Crippen molar-refractivity contribution in [2.75, 3.05) is 6.54 Å². The summed E-state index contributed by atoms with van der Waals surface area (Å²) in [7, 11) is 0. The lowest BCUT2D eigenvalue weighted by Crippen LogP contribution is -2.41. The number of carbonyl (C=O) groups excluding carboxylic acids is 1. The summed E-state index contributed by atoms with van der Waals surface area (Å²) in [6, 6.07) is 10.6. The van der Waals surface area contributed by atoms with Crippen LogP contribution in [0.1, 0.15) is 52.0 Å². The van der Waals surface area contributed by atoms with Crippen molar-refractivity contribution in [1.29, 1.82) is 0 Å². The van der Waals surface area contributed by atoms with E-state index in [0.717, 1.165) is 24.9 Å². The van der Waals surface area contributed by atoms with Crippen LogP contribution in [0.3, 0.4) is 0 Å². The molecule has 3 atom stereocenters. The molecule has 2 heteroatoms. The van der Waals surface area contributed by atoms with Crippen molar-refractivity contribution >= 4 is 5.91 Å². The van der Waals surface area contributed by atoms with Gasteiger partial charge in [0.15, 0.2) is 0 Å². The number of likely N-dealkylation sites (tertiary alicyclic amines) is 1. The van der Waals surface area contributed by atoms with Gasteiger partial charge in [0.2, 0.25) is 5.91 Å². The van der Waals surface area contributed by atoms with Gasteiger partial charge in [-0.2, -0.15) is 0 Å². The third kappa shape index (κ3) is 3.05. The second-order valence-corrected chi connectivity index (χ2v) is 6.51. The highest BCUT2D eigenvalue weighted by atomic mass is 16.2. The second kappa shape index (κ2) is 6.43. The molecule has 1 saturated heterocycles. The van der Waals surface area contributed by atoms with Gasteiger partial charge in [0.25, 0.3) is 0 Å². The lowest BCUT2D eigenvalue weighted by molar-refractivity contribution is -0.134. The maximum Gasteiger partial charge on any atom is 0.230 e. The van der Waals surface area contributed by atoms with Crippen molar-refractivity contribution < 1.29 is 4.79 Å². The second-order valence-electron chi connectivity index (χ2n) is 6.51. The molecule has 0 aliphatic carbocycles. The third-order valence-corrected chi connectivity index (χ3v) is 4.51. The summed E-state index contributed by atoms with van der Waals surface area (Å²) in [6.45, 7) is 9.75. The normalized spacial score (nSPS) is 24.1. The zero-order valence-electron chi connectivity index (χ0n) is 13.2. The maximum absolute atomic E-state index is 13.0. The Hall–Kier alpha value is -1.31. The summed E-state index contributed by atoms with van der Waals surface area (Å²) in [5.41, 5.74) is 1.15. The monoisotopic (exact) mass is 273 g/mol. The molecular weight excluding hydrogens is 246 g/mol. The van der Waals surface area contributed by atoms with Crippen LogP contribution in [0.2, 0.25) is 0 Å². The number of rotatable bonds is 4. The van der Waals surface area contributed by atoms with E-state index < -0.39 is 0 Å². The van der Waals surface area contributed by atoms with Crippen LogP contribution < -0.4 is 0 Å². The zero-order valence-corrected chi connectivity index (χ0v) is 13.2. The van der Waals surface area contributed by atoms with Gasteiger partial charge >= 0.3 is 0 Å². The van der Waals surface area contributed by atoms with Crippen molar-refractivity contribution in [3.05, 3.63) is 35.9 Å². The molecule has 0 N–H and O–H groups in total. The molecule has 0 spiro atoms. The fourth-order valence-electron chi connectivity index (χ4n) is 3.41. The molecule has 20 heavy (non-hydrogen) atoms. The van der Waals surface area contributed by atoms with Crippen LogP contribution in [-0.4, -0.2) is 23.4 Å². The van der Waals surface area contributed by atoms with E-state index in [4.69, 9.17) is 0 Å². The number of nitrogens with zero attached hydrogens (tertiary/aromatic N) is 1. The topological polar surface area (TPSA) is 20.3 Å².